The lowest BCUT2D eigenvalue weighted by atomic mass is 10.2. The first-order valence-electron chi connectivity index (χ1n) is 5.29. The highest BCUT2D eigenvalue weighted by molar-refractivity contribution is 9.10. The number of anilines is 1. The number of esters is 1. The average Bonchev–Trinajstić information content (AvgIpc) is 2.38. The minimum absolute atomic E-state index is 0.211. The molecule has 0 saturated heterocycles. The van der Waals surface area contributed by atoms with Gasteiger partial charge in [-0.15, -0.1) is 0 Å². The van der Waals surface area contributed by atoms with E-state index in [0.717, 1.165) is 10.0 Å². The van der Waals surface area contributed by atoms with Crippen LogP contribution in [-0.4, -0.2) is 11.0 Å². The number of benzene rings is 1. The third-order valence-corrected chi connectivity index (χ3v) is 2.79. The number of halogens is 1. The lowest BCUT2D eigenvalue weighted by molar-refractivity contribution is 0.0466. The van der Waals surface area contributed by atoms with Crippen LogP contribution in [0.2, 0.25) is 0 Å². The smallest absolute Gasteiger partial charge is 0.357 e. The van der Waals surface area contributed by atoms with Crippen molar-refractivity contribution in [3.05, 3.63) is 58.2 Å². The summed E-state index contributed by atoms with van der Waals surface area (Å²) in [6.07, 6.45) is 0. The highest BCUT2D eigenvalue weighted by Crippen LogP contribution is 2.12. The zero-order chi connectivity index (χ0) is 13.0. The van der Waals surface area contributed by atoms with Crippen LogP contribution in [0.15, 0.2) is 46.9 Å². The fourth-order valence-electron chi connectivity index (χ4n) is 1.37. The Morgan fingerprint density at radius 1 is 1.22 bits per heavy atom. The maximum atomic E-state index is 11.7. The molecular formula is C13H11BrN2O2. The third kappa shape index (κ3) is 3.30. The first kappa shape index (κ1) is 12.6. The van der Waals surface area contributed by atoms with Crippen LogP contribution in [-0.2, 0) is 11.3 Å². The first-order valence-corrected chi connectivity index (χ1v) is 6.08. The van der Waals surface area contributed by atoms with Crippen molar-refractivity contribution in [2.45, 2.75) is 6.61 Å². The Morgan fingerprint density at radius 2 is 1.94 bits per heavy atom. The second kappa shape index (κ2) is 5.64. The summed E-state index contributed by atoms with van der Waals surface area (Å²) in [4.78, 5) is 15.6. The Balaban J connectivity index is 1.98. The van der Waals surface area contributed by atoms with E-state index in [0.29, 0.717) is 5.82 Å². The molecule has 0 aliphatic rings. The van der Waals surface area contributed by atoms with Crippen LogP contribution < -0.4 is 5.73 Å². The van der Waals surface area contributed by atoms with E-state index in [2.05, 4.69) is 20.9 Å². The summed E-state index contributed by atoms with van der Waals surface area (Å²) in [5.74, 6) is -0.182. The van der Waals surface area contributed by atoms with Crippen molar-refractivity contribution >= 4 is 27.7 Å². The highest BCUT2D eigenvalue weighted by Gasteiger charge is 2.08. The lowest BCUT2D eigenvalue weighted by Gasteiger charge is -2.05. The van der Waals surface area contributed by atoms with E-state index in [1.54, 1.807) is 18.2 Å². The lowest BCUT2D eigenvalue weighted by Crippen LogP contribution is -2.08. The molecule has 0 unspecified atom stereocenters. The van der Waals surface area contributed by atoms with Gasteiger partial charge in [0.05, 0.1) is 0 Å². The first-order chi connectivity index (χ1) is 8.65. The van der Waals surface area contributed by atoms with Crippen LogP contribution in [0.1, 0.15) is 16.1 Å². The van der Waals surface area contributed by atoms with E-state index in [9.17, 15) is 4.79 Å². The quantitative estimate of drug-likeness (QED) is 0.886. The minimum Gasteiger partial charge on any atom is -0.456 e. The number of hydrogen-bond acceptors (Lipinski definition) is 4. The van der Waals surface area contributed by atoms with Gasteiger partial charge in [0.2, 0.25) is 0 Å². The second-order valence-electron chi connectivity index (χ2n) is 3.65. The molecule has 0 radical (unpaired) electrons. The SMILES string of the molecule is Nc1cccc(C(=O)OCc2ccc(Br)cc2)n1. The monoisotopic (exact) mass is 306 g/mol. The van der Waals surface area contributed by atoms with Gasteiger partial charge < -0.3 is 10.5 Å². The second-order valence-corrected chi connectivity index (χ2v) is 4.57. The number of rotatable bonds is 3. The number of nitrogen functional groups attached to an aromatic ring is 1. The molecule has 0 atom stereocenters. The van der Waals surface area contributed by atoms with Crippen molar-refractivity contribution in [1.29, 1.82) is 0 Å². The molecule has 0 bridgehead atoms. The molecule has 1 aromatic heterocycles. The summed E-state index contributed by atoms with van der Waals surface area (Å²) in [7, 11) is 0. The molecule has 2 N–H and O–H groups in total. The summed E-state index contributed by atoms with van der Waals surface area (Å²) in [5.41, 5.74) is 6.62. The number of hydrogen-bond donors (Lipinski definition) is 1. The van der Waals surface area contributed by atoms with Crippen molar-refractivity contribution in [2.75, 3.05) is 5.73 Å². The molecule has 0 aliphatic heterocycles. The fourth-order valence-corrected chi connectivity index (χ4v) is 1.63. The average molecular weight is 307 g/mol. The van der Waals surface area contributed by atoms with Crippen LogP contribution in [0.5, 0.6) is 0 Å². The van der Waals surface area contributed by atoms with Crippen molar-refractivity contribution in [1.82, 2.24) is 4.98 Å². The summed E-state index contributed by atoms with van der Waals surface area (Å²) >= 11 is 3.34. The van der Waals surface area contributed by atoms with E-state index in [-0.39, 0.29) is 12.3 Å². The number of ether oxygens (including phenoxy) is 1. The topological polar surface area (TPSA) is 65.2 Å². The summed E-state index contributed by atoms with van der Waals surface area (Å²) < 4.78 is 6.12. The maximum Gasteiger partial charge on any atom is 0.357 e. The number of pyridine rings is 1. The van der Waals surface area contributed by atoms with Crippen molar-refractivity contribution < 1.29 is 9.53 Å². The molecule has 0 spiro atoms. The summed E-state index contributed by atoms with van der Waals surface area (Å²) in [6.45, 7) is 0.211. The standard InChI is InChI=1S/C13H11BrN2O2/c14-10-6-4-9(5-7-10)8-18-13(17)11-2-1-3-12(15)16-11/h1-7H,8H2,(H2,15,16). The molecule has 0 saturated carbocycles. The highest BCUT2D eigenvalue weighted by atomic mass is 79.9. The number of carbonyl (C=O) groups is 1. The summed E-state index contributed by atoms with van der Waals surface area (Å²) in [6, 6.07) is 12.4. The molecule has 0 aliphatic carbocycles. The van der Waals surface area contributed by atoms with Gasteiger partial charge >= 0.3 is 5.97 Å². The van der Waals surface area contributed by atoms with Gasteiger partial charge in [-0.1, -0.05) is 34.1 Å². The Labute approximate surface area is 113 Å². The van der Waals surface area contributed by atoms with E-state index < -0.39 is 5.97 Å². The number of aromatic nitrogens is 1. The largest absolute Gasteiger partial charge is 0.456 e. The maximum absolute atomic E-state index is 11.7. The molecule has 2 rings (SSSR count). The Morgan fingerprint density at radius 3 is 2.61 bits per heavy atom. The third-order valence-electron chi connectivity index (χ3n) is 2.26. The van der Waals surface area contributed by atoms with Gasteiger partial charge in [0.15, 0.2) is 5.69 Å². The van der Waals surface area contributed by atoms with E-state index >= 15 is 0 Å². The van der Waals surface area contributed by atoms with Gasteiger partial charge in [-0.3, -0.25) is 0 Å². The Kier molecular flexibility index (Phi) is 3.94. The molecule has 4 nitrogen and oxygen atoms in total. The van der Waals surface area contributed by atoms with Gasteiger partial charge in [0, 0.05) is 4.47 Å². The van der Waals surface area contributed by atoms with Gasteiger partial charge in [0.1, 0.15) is 12.4 Å². The molecule has 1 heterocycles. The van der Waals surface area contributed by atoms with Crippen molar-refractivity contribution in [3.8, 4) is 0 Å². The van der Waals surface area contributed by atoms with E-state index in [1.807, 2.05) is 24.3 Å². The molecule has 0 fully saturated rings. The van der Waals surface area contributed by atoms with Crippen LogP contribution in [0.25, 0.3) is 0 Å². The van der Waals surface area contributed by atoms with Gasteiger partial charge in [-0.05, 0) is 29.8 Å². The predicted molar refractivity (Wildman–Crippen MR) is 71.9 cm³/mol. The fraction of sp³-hybridized carbons (Fsp3) is 0.0769. The number of carbonyl (C=O) groups excluding carboxylic acids is 1. The van der Waals surface area contributed by atoms with Crippen LogP contribution in [0.4, 0.5) is 5.82 Å². The molecule has 0 amide bonds. The normalized spacial score (nSPS) is 10.1. The van der Waals surface area contributed by atoms with Gasteiger partial charge in [-0.2, -0.15) is 0 Å². The Hall–Kier alpha value is -1.88. The molecular weight excluding hydrogens is 296 g/mol. The Bertz CT molecular complexity index is 555. The zero-order valence-electron chi connectivity index (χ0n) is 9.47. The van der Waals surface area contributed by atoms with Gasteiger partial charge in [0.25, 0.3) is 0 Å². The van der Waals surface area contributed by atoms with Crippen LogP contribution in [0, 0.1) is 0 Å². The molecule has 1 aromatic carbocycles. The molecule has 18 heavy (non-hydrogen) atoms. The van der Waals surface area contributed by atoms with Crippen LogP contribution >= 0.6 is 15.9 Å². The van der Waals surface area contributed by atoms with Crippen molar-refractivity contribution in [3.63, 3.8) is 0 Å². The predicted octanol–water partition coefficient (Wildman–Crippen LogP) is 2.78. The zero-order valence-corrected chi connectivity index (χ0v) is 11.1. The minimum atomic E-state index is -0.481. The summed E-state index contributed by atoms with van der Waals surface area (Å²) in [5, 5.41) is 0. The molecule has 2 aromatic rings. The van der Waals surface area contributed by atoms with E-state index in [1.165, 1.54) is 0 Å². The van der Waals surface area contributed by atoms with Gasteiger partial charge in [-0.25, -0.2) is 9.78 Å². The molecule has 92 valence electrons. The number of nitrogens with two attached hydrogens (primary N) is 1. The van der Waals surface area contributed by atoms with Crippen molar-refractivity contribution in [2.24, 2.45) is 0 Å². The van der Waals surface area contributed by atoms with E-state index in [4.69, 9.17) is 10.5 Å². The molecule has 5 heteroatoms. The number of nitrogens with zero attached hydrogens (tertiary/aromatic N) is 1. The van der Waals surface area contributed by atoms with Crippen LogP contribution in [0.3, 0.4) is 0 Å².